The highest BCUT2D eigenvalue weighted by atomic mass is 35.5. The van der Waals surface area contributed by atoms with Crippen LogP contribution in [0.15, 0.2) is 60.2 Å². The Hall–Kier alpha value is -2.93. The monoisotopic (exact) mass is 469 g/mol. The van der Waals surface area contributed by atoms with E-state index < -0.39 is 11.8 Å². The minimum absolute atomic E-state index is 0.00633. The Morgan fingerprint density at radius 1 is 0.935 bits per heavy atom. The van der Waals surface area contributed by atoms with Crippen LogP contribution in [0, 0.1) is 13.8 Å². The lowest BCUT2D eigenvalue weighted by molar-refractivity contribution is -0.122. The first-order valence-electron chi connectivity index (χ1n) is 9.39. The fourth-order valence-electron chi connectivity index (χ4n) is 3.58. The molecule has 0 radical (unpaired) electrons. The van der Waals surface area contributed by atoms with E-state index in [1.165, 1.54) is 4.90 Å². The first kappa shape index (κ1) is 21.3. The number of aromatic nitrogens is 1. The lowest BCUT2D eigenvalue weighted by Gasteiger charge is -2.28. The molecule has 0 spiro atoms. The second-order valence-corrected chi connectivity index (χ2v) is 8.25. The largest absolute Gasteiger partial charge is 0.318 e. The number of nitrogens with zero attached hydrogens (tertiary/aromatic N) is 2. The summed E-state index contributed by atoms with van der Waals surface area (Å²) in [6, 6.07) is 16.2. The summed E-state index contributed by atoms with van der Waals surface area (Å²) in [5, 5.41) is 3.57. The van der Waals surface area contributed by atoms with Gasteiger partial charge < -0.3 is 4.57 Å². The third-order valence-corrected chi connectivity index (χ3v) is 6.07. The van der Waals surface area contributed by atoms with Crippen LogP contribution in [0.4, 0.5) is 5.69 Å². The van der Waals surface area contributed by atoms with Crippen LogP contribution in [0.2, 0.25) is 10.0 Å². The average Bonchev–Trinajstić information content (AvgIpc) is 3.01. The predicted molar refractivity (Wildman–Crippen MR) is 128 cm³/mol. The van der Waals surface area contributed by atoms with Crippen molar-refractivity contribution in [3.8, 4) is 5.69 Å². The van der Waals surface area contributed by atoms with Gasteiger partial charge in [-0.15, -0.1) is 0 Å². The molecular weight excluding hydrogens is 453 g/mol. The zero-order valence-corrected chi connectivity index (χ0v) is 19.0. The van der Waals surface area contributed by atoms with Gasteiger partial charge in [0.1, 0.15) is 5.57 Å². The van der Waals surface area contributed by atoms with E-state index in [-0.39, 0.29) is 10.7 Å². The second-order valence-electron chi connectivity index (χ2n) is 7.05. The fraction of sp³-hybridized carbons (Fsp3) is 0.0870. The molecule has 1 fully saturated rings. The van der Waals surface area contributed by atoms with Crippen LogP contribution in [-0.2, 0) is 9.59 Å². The molecule has 4 rings (SSSR count). The smallest absolute Gasteiger partial charge is 0.270 e. The van der Waals surface area contributed by atoms with Crippen LogP contribution in [0.1, 0.15) is 17.0 Å². The summed E-state index contributed by atoms with van der Waals surface area (Å²) in [4.78, 5) is 27.1. The van der Waals surface area contributed by atoms with Gasteiger partial charge in [0, 0.05) is 17.1 Å². The van der Waals surface area contributed by atoms with Crippen molar-refractivity contribution in [1.29, 1.82) is 0 Å². The molecule has 0 aliphatic carbocycles. The van der Waals surface area contributed by atoms with Crippen molar-refractivity contribution in [3.05, 3.63) is 87.2 Å². The van der Waals surface area contributed by atoms with Gasteiger partial charge in [-0.1, -0.05) is 41.4 Å². The number of hydrogen-bond donors (Lipinski definition) is 1. The van der Waals surface area contributed by atoms with Crippen LogP contribution in [-0.4, -0.2) is 21.5 Å². The van der Waals surface area contributed by atoms with Gasteiger partial charge in [-0.3, -0.25) is 19.8 Å². The summed E-state index contributed by atoms with van der Waals surface area (Å²) in [6.07, 6.45) is 1.59. The molecule has 2 heterocycles. The van der Waals surface area contributed by atoms with Crippen molar-refractivity contribution in [3.63, 3.8) is 0 Å². The molecule has 0 unspecified atom stereocenters. The van der Waals surface area contributed by atoms with Gasteiger partial charge in [0.2, 0.25) is 0 Å². The zero-order valence-electron chi connectivity index (χ0n) is 16.6. The number of thiocarbonyl (C=S) groups is 1. The van der Waals surface area contributed by atoms with Crippen LogP contribution in [0.25, 0.3) is 11.8 Å². The van der Waals surface area contributed by atoms with Crippen molar-refractivity contribution >= 4 is 64.1 Å². The van der Waals surface area contributed by atoms with E-state index in [2.05, 4.69) is 5.32 Å². The van der Waals surface area contributed by atoms with E-state index in [0.29, 0.717) is 15.7 Å². The molecule has 5 nitrogen and oxygen atoms in total. The molecule has 1 N–H and O–H groups in total. The first-order chi connectivity index (χ1) is 14.8. The molecule has 0 atom stereocenters. The number of hydrogen-bond acceptors (Lipinski definition) is 3. The zero-order chi connectivity index (χ0) is 22.3. The number of anilines is 1. The standard InChI is InChI=1S/C23H17Cl2N3O2S/c1-13-10-15(14(2)27(13)17-8-9-19(24)20(25)12-17)11-18-21(29)26-23(31)28(22(18)30)16-6-4-3-5-7-16/h3-12H,1-2H3,(H,26,29,31)/b18-11+. The maximum absolute atomic E-state index is 13.2. The molecule has 8 heteroatoms. The average molecular weight is 470 g/mol. The van der Waals surface area contributed by atoms with Gasteiger partial charge in [0.15, 0.2) is 5.11 Å². The van der Waals surface area contributed by atoms with E-state index in [9.17, 15) is 9.59 Å². The molecule has 2 aromatic carbocycles. The van der Waals surface area contributed by atoms with Gasteiger partial charge in [-0.05, 0) is 74.1 Å². The summed E-state index contributed by atoms with van der Waals surface area (Å²) < 4.78 is 1.99. The molecule has 1 aliphatic heterocycles. The summed E-state index contributed by atoms with van der Waals surface area (Å²) in [7, 11) is 0. The Labute approximate surface area is 194 Å². The number of carbonyl (C=O) groups excluding carboxylic acids is 2. The van der Waals surface area contributed by atoms with Gasteiger partial charge in [-0.2, -0.15) is 0 Å². The van der Waals surface area contributed by atoms with E-state index in [0.717, 1.165) is 22.6 Å². The number of halogens is 2. The van der Waals surface area contributed by atoms with E-state index in [1.807, 2.05) is 36.6 Å². The number of para-hydroxylation sites is 1. The normalized spacial score (nSPS) is 15.5. The van der Waals surface area contributed by atoms with E-state index >= 15 is 0 Å². The van der Waals surface area contributed by atoms with Crippen LogP contribution in [0.5, 0.6) is 0 Å². The topological polar surface area (TPSA) is 54.3 Å². The highest BCUT2D eigenvalue weighted by molar-refractivity contribution is 7.80. The molecule has 156 valence electrons. The number of amides is 2. The van der Waals surface area contributed by atoms with Gasteiger partial charge in [0.25, 0.3) is 11.8 Å². The Kier molecular flexibility index (Phi) is 5.71. The molecule has 0 bridgehead atoms. The number of aryl methyl sites for hydroxylation is 1. The van der Waals surface area contributed by atoms with Gasteiger partial charge in [0.05, 0.1) is 15.7 Å². The van der Waals surface area contributed by atoms with E-state index in [4.69, 9.17) is 35.4 Å². The van der Waals surface area contributed by atoms with Crippen molar-refractivity contribution in [2.24, 2.45) is 0 Å². The maximum Gasteiger partial charge on any atom is 0.270 e. The quantitative estimate of drug-likeness (QED) is 0.324. The predicted octanol–water partition coefficient (Wildman–Crippen LogP) is 5.23. The molecule has 31 heavy (non-hydrogen) atoms. The maximum atomic E-state index is 13.2. The SMILES string of the molecule is Cc1cc(/C=C2\C(=O)NC(=S)N(c3ccccc3)C2=O)c(C)n1-c1ccc(Cl)c(Cl)c1. The Morgan fingerprint density at radius 3 is 2.32 bits per heavy atom. The minimum Gasteiger partial charge on any atom is -0.318 e. The molecule has 1 saturated heterocycles. The molecule has 1 aliphatic rings. The van der Waals surface area contributed by atoms with Crippen molar-refractivity contribution in [2.75, 3.05) is 4.90 Å². The molecule has 1 aromatic heterocycles. The van der Waals surface area contributed by atoms with Gasteiger partial charge >= 0.3 is 0 Å². The van der Waals surface area contributed by atoms with Crippen LogP contribution < -0.4 is 10.2 Å². The first-order valence-corrected chi connectivity index (χ1v) is 10.5. The van der Waals surface area contributed by atoms with Crippen molar-refractivity contribution in [1.82, 2.24) is 9.88 Å². The van der Waals surface area contributed by atoms with Crippen LogP contribution in [0.3, 0.4) is 0 Å². The lowest BCUT2D eigenvalue weighted by atomic mass is 10.1. The molecular formula is C23H17Cl2N3O2S. The van der Waals surface area contributed by atoms with Gasteiger partial charge in [-0.25, -0.2) is 0 Å². The fourth-order valence-corrected chi connectivity index (χ4v) is 4.15. The summed E-state index contributed by atoms with van der Waals surface area (Å²) in [5.41, 5.74) is 3.94. The van der Waals surface area contributed by atoms with Crippen molar-refractivity contribution < 1.29 is 9.59 Å². The third-order valence-electron chi connectivity index (χ3n) is 5.05. The van der Waals surface area contributed by atoms with Crippen molar-refractivity contribution in [2.45, 2.75) is 13.8 Å². The highest BCUT2D eigenvalue weighted by Gasteiger charge is 2.34. The third kappa shape index (κ3) is 3.90. The van der Waals surface area contributed by atoms with E-state index in [1.54, 1.807) is 42.5 Å². The number of nitrogens with one attached hydrogen (secondary N) is 1. The Morgan fingerprint density at radius 2 is 1.65 bits per heavy atom. The highest BCUT2D eigenvalue weighted by Crippen LogP contribution is 2.29. The summed E-state index contributed by atoms with van der Waals surface area (Å²) in [5.74, 6) is -0.999. The number of rotatable bonds is 3. The molecule has 2 amide bonds. The second kappa shape index (κ2) is 8.30. The molecule has 0 saturated carbocycles. The number of benzene rings is 2. The molecule has 3 aromatic rings. The Balaban J connectivity index is 1.77. The lowest BCUT2D eigenvalue weighted by Crippen LogP contribution is -2.54. The summed E-state index contributed by atoms with van der Waals surface area (Å²) >= 11 is 17.5. The number of carbonyl (C=O) groups is 2. The Bertz CT molecular complexity index is 1270. The summed E-state index contributed by atoms with van der Waals surface area (Å²) in [6.45, 7) is 3.85. The van der Waals surface area contributed by atoms with Crippen LogP contribution >= 0.6 is 35.4 Å². The minimum atomic E-state index is -0.526.